The Morgan fingerprint density at radius 2 is 2.28 bits per heavy atom. The van der Waals surface area contributed by atoms with E-state index in [0.29, 0.717) is 26.2 Å². The molecular formula is C12H22N2O4. The van der Waals surface area contributed by atoms with Gasteiger partial charge in [0.1, 0.15) is 6.61 Å². The normalized spacial score (nSPS) is 17.0. The van der Waals surface area contributed by atoms with Gasteiger partial charge in [0.2, 0.25) is 11.8 Å². The van der Waals surface area contributed by atoms with Gasteiger partial charge in [-0.2, -0.15) is 0 Å². The average Bonchev–Trinajstić information content (AvgIpc) is 2.70. The van der Waals surface area contributed by atoms with Crippen LogP contribution in [0.25, 0.3) is 0 Å². The first-order chi connectivity index (χ1) is 8.63. The molecule has 6 heteroatoms. The number of hydrogen-bond donors (Lipinski definition) is 1. The van der Waals surface area contributed by atoms with Crippen molar-refractivity contribution in [1.29, 1.82) is 0 Å². The van der Waals surface area contributed by atoms with Crippen LogP contribution >= 0.6 is 0 Å². The first-order valence-electron chi connectivity index (χ1n) is 6.27. The molecule has 0 aromatic rings. The van der Waals surface area contributed by atoms with Gasteiger partial charge in [0.25, 0.3) is 0 Å². The number of amides is 2. The molecule has 6 nitrogen and oxygen atoms in total. The van der Waals surface area contributed by atoms with Gasteiger partial charge in [-0.05, 0) is 13.3 Å². The van der Waals surface area contributed by atoms with Crippen LogP contribution in [-0.2, 0) is 19.1 Å². The first kappa shape index (κ1) is 14.9. The van der Waals surface area contributed by atoms with E-state index in [-0.39, 0.29) is 24.5 Å². The van der Waals surface area contributed by atoms with Crippen molar-refractivity contribution in [2.45, 2.75) is 25.8 Å². The smallest absolute Gasteiger partial charge is 0.246 e. The molecule has 1 fully saturated rings. The molecule has 0 aromatic heterocycles. The van der Waals surface area contributed by atoms with Crippen LogP contribution in [0.15, 0.2) is 0 Å². The number of carbonyl (C=O) groups excluding carboxylic acids is 2. The molecule has 2 amide bonds. The summed E-state index contributed by atoms with van der Waals surface area (Å²) in [6.07, 6.45) is 1.54. The predicted octanol–water partition coefficient (Wildman–Crippen LogP) is -0.223. The molecule has 0 aliphatic carbocycles. The SMILES string of the molecule is COCCOCC(=O)NC(C)CN1CCCC1=O. The molecule has 1 atom stereocenters. The Balaban J connectivity index is 2.12. The molecule has 1 saturated heterocycles. The minimum atomic E-state index is -0.162. The van der Waals surface area contributed by atoms with Gasteiger partial charge in [0.15, 0.2) is 0 Å². The van der Waals surface area contributed by atoms with E-state index in [1.54, 1.807) is 12.0 Å². The largest absolute Gasteiger partial charge is 0.382 e. The number of carbonyl (C=O) groups is 2. The van der Waals surface area contributed by atoms with Gasteiger partial charge < -0.3 is 19.7 Å². The monoisotopic (exact) mass is 258 g/mol. The van der Waals surface area contributed by atoms with E-state index < -0.39 is 0 Å². The summed E-state index contributed by atoms with van der Waals surface area (Å²) in [5, 5.41) is 2.81. The second-order valence-corrected chi connectivity index (χ2v) is 4.46. The lowest BCUT2D eigenvalue weighted by Crippen LogP contribution is -2.43. The Hall–Kier alpha value is -1.14. The molecule has 0 aromatic carbocycles. The molecule has 18 heavy (non-hydrogen) atoms. The van der Waals surface area contributed by atoms with Crippen molar-refractivity contribution < 1.29 is 19.1 Å². The van der Waals surface area contributed by atoms with Gasteiger partial charge in [0.05, 0.1) is 13.2 Å². The summed E-state index contributed by atoms with van der Waals surface area (Å²) in [7, 11) is 1.58. The predicted molar refractivity (Wildman–Crippen MR) is 66.1 cm³/mol. The van der Waals surface area contributed by atoms with Crippen molar-refractivity contribution in [1.82, 2.24) is 10.2 Å². The Bertz CT molecular complexity index is 283. The summed E-state index contributed by atoms with van der Waals surface area (Å²) >= 11 is 0. The number of ether oxygens (including phenoxy) is 2. The lowest BCUT2D eigenvalue weighted by molar-refractivity contribution is -0.130. The minimum absolute atomic E-state index is 0.0294. The van der Waals surface area contributed by atoms with Crippen molar-refractivity contribution in [3.63, 3.8) is 0 Å². The van der Waals surface area contributed by atoms with Crippen LogP contribution in [0, 0.1) is 0 Å². The van der Waals surface area contributed by atoms with Crippen molar-refractivity contribution in [2.24, 2.45) is 0 Å². The number of likely N-dealkylation sites (tertiary alicyclic amines) is 1. The Kier molecular flexibility index (Phi) is 6.67. The van der Waals surface area contributed by atoms with Crippen LogP contribution in [0.5, 0.6) is 0 Å². The Morgan fingerprint density at radius 1 is 1.50 bits per heavy atom. The summed E-state index contributed by atoms with van der Waals surface area (Å²) < 4.78 is 9.91. The van der Waals surface area contributed by atoms with Crippen molar-refractivity contribution >= 4 is 11.8 Å². The van der Waals surface area contributed by atoms with E-state index in [0.717, 1.165) is 13.0 Å². The fraction of sp³-hybridized carbons (Fsp3) is 0.833. The summed E-state index contributed by atoms with van der Waals surface area (Å²) in [4.78, 5) is 24.7. The molecule has 1 N–H and O–H groups in total. The summed E-state index contributed by atoms with van der Waals surface area (Å²) in [5.74, 6) is 0.0118. The van der Waals surface area contributed by atoms with Crippen LogP contribution in [0.2, 0.25) is 0 Å². The fourth-order valence-electron chi connectivity index (χ4n) is 1.90. The van der Waals surface area contributed by atoms with Gasteiger partial charge in [0, 0.05) is 32.7 Å². The molecule has 1 heterocycles. The van der Waals surface area contributed by atoms with Crippen molar-refractivity contribution in [2.75, 3.05) is 40.0 Å². The molecule has 1 aliphatic heterocycles. The van der Waals surface area contributed by atoms with Crippen LogP contribution in [0.3, 0.4) is 0 Å². The molecule has 0 radical (unpaired) electrons. The van der Waals surface area contributed by atoms with E-state index in [9.17, 15) is 9.59 Å². The molecule has 0 bridgehead atoms. The first-order valence-corrected chi connectivity index (χ1v) is 6.27. The third kappa shape index (κ3) is 5.46. The Labute approximate surface area is 108 Å². The zero-order valence-corrected chi connectivity index (χ0v) is 11.1. The highest BCUT2D eigenvalue weighted by Gasteiger charge is 2.22. The van der Waals surface area contributed by atoms with Gasteiger partial charge >= 0.3 is 0 Å². The maximum atomic E-state index is 11.5. The summed E-state index contributed by atoms with van der Waals surface area (Å²) in [6, 6.07) is -0.0504. The maximum Gasteiger partial charge on any atom is 0.246 e. The zero-order chi connectivity index (χ0) is 13.4. The highest BCUT2D eigenvalue weighted by molar-refractivity contribution is 5.79. The summed E-state index contributed by atoms with van der Waals surface area (Å²) in [5.41, 5.74) is 0. The van der Waals surface area contributed by atoms with E-state index in [4.69, 9.17) is 9.47 Å². The Morgan fingerprint density at radius 3 is 2.89 bits per heavy atom. The second kappa shape index (κ2) is 8.05. The molecule has 1 unspecified atom stereocenters. The highest BCUT2D eigenvalue weighted by Crippen LogP contribution is 2.09. The zero-order valence-electron chi connectivity index (χ0n) is 11.1. The number of hydrogen-bond acceptors (Lipinski definition) is 4. The average molecular weight is 258 g/mol. The molecule has 1 rings (SSSR count). The number of methoxy groups -OCH3 is 1. The van der Waals surface area contributed by atoms with Crippen molar-refractivity contribution in [3.05, 3.63) is 0 Å². The standard InChI is InChI=1S/C12H22N2O4/c1-10(8-14-5-3-4-12(14)16)13-11(15)9-18-7-6-17-2/h10H,3-9H2,1-2H3,(H,13,15). The van der Waals surface area contributed by atoms with Gasteiger partial charge in [-0.25, -0.2) is 0 Å². The lowest BCUT2D eigenvalue weighted by atomic mass is 10.3. The van der Waals surface area contributed by atoms with Gasteiger partial charge in [-0.15, -0.1) is 0 Å². The number of nitrogens with zero attached hydrogens (tertiary/aromatic N) is 1. The fourth-order valence-corrected chi connectivity index (χ4v) is 1.90. The van der Waals surface area contributed by atoms with E-state index >= 15 is 0 Å². The quantitative estimate of drug-likeness (QED) is 0.611. The summed E-state index contributed by atoms with van der Waals surface area (Å²) in [6.45, 7) is 4.17. The minimum Gasteiger partial charge on any atom is -0.382 e. The van der Waals surface area contributed by atoms with Crippen LogP contribution in [-0.4, -0.2) is 62.8 Å². The van der Waals surface area contributed by atoms with Gasteiger partial charge in [-0.1, -0.05) is 0 Å². The van der Waals surface area contributed by atoms with E-state index in [1.807, 2.05) is 6.92 Å². The third-order valence-electron chi connectivity index (χ3n) is 2.74. The van der Waals surface area contributed by atoms with Crippen LogP contribution in [0.4, 0.5) is 0 Å². The molecular weight excluding hydrogens is 236 g/mol. The van der Waals surface area contributed by atoms with Crippen molar-refractivity contribution in [3.8, 4) is 0 Å². The molecule has 104 valence electrons. The molecule has 0 saturated carbocycles. The molecule has 1 aliphatic rings. The van der Waals surface area contributed by atoms with Crippen LogP contribution in [0.1, 0.15) is 19.8 Å². The third-order valence-corrected chi connectivity index (χ3v) is 2.74. The molecule has 0 spiro atoms. The lowest BCUT2D eigenvalue weighted by Gasteiger charge is -2.21. The topological polar surface area (TPSA) is 67.9 Å². The van der Waals surface area contributed by atoms with Crippen LogP contribution < -0.4 is 5.32 Å². The number of rotatable bonds is 8. The second-order valence-electron chi connectivity index (χ2n) is 4.46. The van der Waals surface area contributed by atoms with E-state index in [1.165, 1.54) is 0 Å². The van der Waals surface area contributed by atoms with E-state index in [2.05, 4.69) is 5.32 Å². The van der Waals surface area contributed by atoms with Gasteiger partial charge in [-0.3, -0.25) is 9.59 Å². The maximum absolute atomic E-state index is 11.5. The highest BCUT2D eigenvalue weighted by atomic mass is 16.5. The number of nitrogens with one attached hydrogen (secondary N) is 1.